The maximum Gasteiger partial charge on any atom is 0.235 e. The number of hydrogen-bond acceptors (Lipinski definition) is 4. The summed E-state index contributed by atoms with van der Waals surface area (Å²) in [5.74, 6) is 0.418. The Balaban J connectivity index is 1.59. The van der Waals surface area contributed by atoms with Gasteiger partial charge in [-0.1, -0.05) is 6.07 Å². The van der Waals surface area contributed by atoms with Crippen LogP contribution in [0.4, 0.5) is 5.95 Å². The first-order valence-electron chi connectivity index (χ1n) is 6.54. The molecular weight excluding hydrogens is 244 g/mol. The molecule has 0 aliphatic carbocycles. The molecule has 1 N–H and O–H groups in total. The molecule has 1 saturated heterocycles. The van der Waals surface area contributed by atoms with Gasteiger partial charge in [-0.2, -0.15) is 0 Å². The highest BCUT2D eigenvalue weighted by atomic mass is 16.5. The maximum atomic E-state index is 11.9. The van der Waals surface area contributed by atoms with Crippen LogP contribution in [-0.4, -0.2) is 33.2 Å². The van der Waals surface area contributed by atoms with Gasteiger partial charge in [0.2, 0.25) is 11.9 Å². The van der Waals surface area contributed by atoms with E-state index in [9.17, 15) is 4.79 Å². The molecule has 2 aromatic heterocycles. The van der Waals surface area contributed by atoms with Crippen molar-refractivity contribution in [3.63, 3.8) is 0 Å². The van der Waals surface area contributed by atoms with Crippen LogP contribution in [0, 0.1) is 0 Å². The van der Waals surface area contributed by atoms with Gasteiger partial charge in [0.1, 0.15) is 0 Å². The number of pyridine rings is 1. The van der Waals surface area contributed by atoms with Crippen LogP contribution >= 0.6 is 0 Å². The quantitative estimate of drug-likeness (QED) is 0.907. The smallest absolute Gasteiger partial charge is 0.235 e. The van der Waals surface area contributed by atoms with E-state index in [0.29, 0.717) is 12.4 Å². The van der Waals surface area contributed by atoms with E-state index < -0.39 is 0 Å². The fourth-order valence-corrected chi connectivity index (χ4v) is 2.28. The van der Waals surface area contributed by atoms with Crippen molar-refractivity contribution in [1.29, 1.82) is 0 Å². The molecule has 6 heteroatoms. The highest BCUT2D eigenvalue weighted by Gasteiger charge is 2.17. The van der Waals surface area contributed by atoms with Crippen molar-refractivity contribution in [1.82, 2.24) is 14.6 Å². The number of aromatic nitrogens is 3. The van der Waals surface area contributed by atoms with E-state index in [0.717, 1.165) is 31.5 Å². The van der Waals surface area contributed by atoms with Crippen LogP contribution in [0.1, 0.15) is 25.7 Å². The molecule has 1 aliphatic heterocycles. The van der Waals surface area contributed by atoms with Crippen LogP contribution in [0.2, 0.25) is 0 Å². The Morgan fingerprint density at radius 1 is 1.47 bits per heavy atom. The van der Waals surface area contributed by atoms with Gasteiger partial charge in [0.15, 0.2) is 5.65 Å². The lowest BCUT2D eigenvalue weighted by atomic mass is 10.1. The molecule has 1 atom stereocenters. The van der Waals surface area contributed by atoms with Crippen LogP contribution in [-0.2, 0) is 9.53 Å². The molecule has 6 nitrogen and oxygen atoms in total. The molecule has 1 aliphatic rings. The Morgan fingerprint density at radius 2 is 2.42 bits per heavy atom. The molecule has 19 heavy (non-hydrogen) atoms. The van der Waals surface area contributed by atoms with Crippen molar-refractivity contribution in [2.24, 2.45) is 0 Å². The minimum absolute atomic E-state index is 0.0475. The maximum absolute atomic E-state index is 11.9. The lowest BCUT2D eigenvalue weighted by molar-refractivity contribution is -0.116. The third-order valence-electron chi connectivity index (χ3n) is 3.28. The molecule has 3 heterocycles. The molecule has 0 bridgehead atoms. The van der Waals surface area contributed by atoms with Gasteiger partial charge in [-0.25, -0.2) is 0 Å². The lowest BCUT2D eigenvalue weighted by Gasteiger charge is -2.08. The zero-order valence-corrected chi connectivity index (χ0v) is 10.6. The summed E-state index contributed by atoms with van der Waals surface area (Å²) in [7, 11) is 0. The summed E-state index contributed by atoms with van der Waals surface area (Å²) < 4.78 is 7.25. The van der Waals surface area contributed by atoms with Crippen molar-refractivity contribution in [3.05, 3.63) is 24.4 Å². The number of carbonyl (C=O) groups is 1. The van der Waals surface area contributed by atoms with Gasteiger partial charge >= 0.3 is 0 Å². The number of carbonyl (C=O) groups excluding carboxylic acids is 1. The summed E-state index contributed by atoms with van der Waals surface area (Å²) >= 11 is 0. The van der Waals surface area contributed by atoms with Crippen molar-refractivity contribution in [2.45, 2.75) is 31.8 Å². The van der Waals surface area contributed by atoms with Crippen LogP contribution < -0.4 is 5.32 Å². The summed E-state index contributed by atoms with van der Waals surface area (Å²) in [6.45, 7) is 0.821. The number of nitrogens with zero attached hydrogens (tertiary/aromatic N) is 3. The van der Waals surface area contributed by atoms with E-state index in [1.54, 1.807) is 4.40 Å². The largest absolute Gasteiger partial charge is 0.378 e. The molecule has 0 aromatic carbocycles. The molecule has 1 amide bonds. The van der Waals surface area contributed by atoms with Gasteiger partial charge in [-0.3, -0.25) is 14.5 Å². The van der Waals surface area contributed by atoms with Gasteiger partial charge in [0.25, 0.3) is 0 Å². The van der Waals surface area contributed by atoms with Crippen molar-refractivity contribution in [3.8, 4) is 0 Å². The minimum Gasteiger partial charge on any atom is -0.378 e. The SMILES string of the molecule is O=C(CC[C@@H]1CCCO1)Nc1nnc2ccccn12. The number of rotatable bonds is 4. The average molecular weight is 260 g/mol. The van der Waals surface area contributed by atoms with Crippen LogP contribution in [0.3, 0.4) is 0 Å². The molecule has 3 rings (SSSR count). The zero-order chi connectivity index (χ0) is 13.1. The fourth-order valence-electron chi connectivity index (χ4n) is 2.28. The second kappa shape index (κ2) is 5.36. The van der Waals surface area contributed by atoms with Gasteiger partial charge < -0.3 is 4.74 Å². The highest BCUT2D eigenvalue weighted by Crippen LogP contribution is 2.17. The van der Waals surface area contributed by atoms with Crippen LogP contribution in [0.25, 0.3) is 5.65 Å². The van der Waals surface area contributed by atoms with Gasteiger partial charge in [0, 0.05) is 19.2 Å². The van der Waals surface area contributed by atoms with Crippen molar-refractivity contribution in [2.75, 3.05) is 11.9 Å². The summed E-state index contributed by atoms with van der Waals surface area (Å²) in [5.41, 5.74) is 0.719. The summed E-state index contributed by atoms with van der Waals surface area (Å²) in [5, 5.41) is 10.7. The predicted molar refractivity (Wildman–Crippen MR) is 69.8 cm³/mol. The standard InChI is InChI=1S/C13H16N4O2/c18-12(7-6-10-4-3-9-19-10)14-13-16-15-11-5-1-2-8-17(11)13/h1-2,5,8,10H,3-4,6-7,9H2,(H,14,16,18)/t10-/m0/s1. The van der Waals surface area contributed by atoms with Gasteiger partial charge in [0.05, 0.1) is 6.10 Å². The molecule has 0 radical (unpaired) electrons. The van der Waals surface area contributed by atoms with E-state index in [1.165, 1.54) is 0 Å². The molecular formula is C13H16N4O2. The summed E-state index contributed by atoms with van der Waals surface area (Å²) in [6, 6.07) is 5.60. The molecule has 100 valence electrons. The number of anilines is 1. The number of nitrogens with one attached hydrogen (secondary N) is 1. The number of hydrogen-bond donors (Lipinski definition) is 1. The Labute approximate surface area is 110 Å². The van der Waals surface area contributed by atoms with E-state index >= 15 is 0 Å². The Hall–Kier alpha value is -1.95. The fraction of sp³-hybridized carbons (Fsp3) is 0.462. The van der Waals surface area contributed by atoms with E-state index in [4.69, 9.17) is 4.74 Å². The number of fused-ring (bicyclic) bond motifs is 1. The first-order chi connectivity index (χ1) is 9.33. The topological polar surface area (TPSA) is 68.5 Å². The van der Waals surface area contributed by atoms with Crippen molar-refractivity contribution >= 4 is 17.5 Å². The molecule has 0 unspecified atom stereocenters. The molecule has 2 aromatic rings. The zero-order valence-electron chi connectivity index (χ0n) is 10.6. The highest BCUT2D eigenvalue weighted by molar-refractivity contribution is 5.89. The third-order valence-corrected chi connectivity index (χ3v) is 3.28. The van der Waals surface area contributed by atoms with E-state index in [-0.39, 0.29) is 12.0 Å². The van der Waals surface area contributed by atoms with Crippen LogP contribution in [0.5, 0.6) is 0 Å². The number of amides is 1. The minimum atomic E-state index is -0.0475. The Kier molecular flexibility index (Phi) is 3.41. The van der Waals surface area contributed by atoms with Crippen molar-refractivity contribution < 1.29 is 9.53 Å². The lowest BCUT2D eigenvalue weighted by Crippen LogP contribution is -2.16. The monoisotopic (exact) mass is 260 g/mol. The van der Waals surface area contributed by atoms with E-state index in [1.807, 2.05) is 24.4 Å². The summed E-state index contributed by atoms with van der Waals surface area (Å²) in [6.07, 6.45) is 5.43. The number of ether oxygens (including phenoxy) is 1. The molecule has 0 saturated carbocycles. The average Bonchev–Trinajstić information content (AvgIpc) is 3.07. The summed E-state index contributed by atoms with van der Waals surface area (Å²) in [4.78, 5) is 11.9. The van der Waals surface area contributed by atoms with Gasteiger partial charge in [-0.15, -0.1) is 10.2 Å². The Morgan fingerprint density at radius 3 is 3.26 bits per heavy atom. The first-order valence-corrected chi connectivity index (χ1v) is 6.54. The van der Waals surface area contributed by atoms with Crippen LogP contribution in [0.15, 0.2) is 24.4 Å². The Bertz CT molecular complexity index is 575. The van der Waals surface area contributed by atoms with Gasteiger partial charge in [-0.05, 0) is 31.4 Å². The predicted octanol–water partition coefficient (Wildman–Crippen LogP) is 1.63. The third kappa shape index (κ3) is 2.73. The molecule has 1 fully saturated rings. The normalized spacial score (nSPS) is 18.8. The second-order valence-corrected chi connectivity index (χ2v) is 4.67. The second-order valence-electron chi connectivity index (χ2n) is 4.67. The molecule has 0 spiro atoms. The first kappa shape index (κ1) is 12.1. The van der Waals surface area contributed by atoms with E-state index in [2.05, 4.69) is 15.5 Å².